The molecule has 4 rings (SSSR count). The van der Waals surface area contributed by atoms with Gasteiger partial charge in [-0.15, -0.1) is 6.58 Å². The fourth-order valence-corrected chi connectivity index (χ4v) is 5.66. The number of phenolic OH excluding ortho intramolecular Hbond substituents is 1. The monoisotopic (exact) mass is 420 g/mol. The summed E-state index contributed by atoms with van der Waals surface area (Å²) in [5.74, 6) is 0.260. The maximum Gasteiger partial charge on any atom is 0.253 e. The van der Waals surface area contributed by atoms with Crippen LogP contribution in [0.4, 0.5) is 0 Å². The van der Waals surface area contributed by atoms with E-state index in [0.29, 0.717) is 12.0 Å². The molecule has 1 saturated heterocycles. The molecule has 5 heteroatoms. The summed E-state index contributed by atoms with van der Waals surface area (Å²) in [6.07, 6.45) is 3.58. The maximum atomic E-state index is 13.1. The van der Waals surface area contributed by atoms with E-state index in [1.165, 1.54) is 0 Å². The van der Waals surface area contributed by atoms with Gasteiger partial charge in [0.25, 0.3) is 5.91 Å². The van der Waals surface area contributed by atoms with Gasteiger partial charge in [-0.2, -0.15) is 0 Å². The van der Waals surface area contributed by atoms with Crippen molar-refractivity contribution in [3.63, 3.8) is 0 Å². The molecule has 2 aliphatic rings. The van der Waals surface area contributed by atoms with Crippen LogP contribution >= 0.6 is 0 Å². The number of hydrogen-bond acceptors (Lipinski definition) is 4. The van der Waals surface area contributed by atoms with Crippen LogP contribution in [0.5, 0.6) is 5.75 Å². The molecular formula is C26H32N2O3. The van der Waals surface area contributed by atoms with Crippen LogP contribution in [-0.4, -0.2) is 64.7 Å². The number of aliphatic hydroxyl groups is 1. The Bertz CT molecular complexity index is 931. The minimum absolute atomic E-state index is 0.0218. The number of benzene rings is 2. The minimum atomic E-state index is -0.528. The molecule has 5 nitrogen and oxygen atoms in total. The highest BCUT2D eigenvalue weighted by Gasteiger charge is 2.52. The molecule has 0 spiro atoms. The highest BCUT2D eigenvalue weighted by atomic mass is 16.3. The van der Waals surface area contributed by atoms with Crippen molar-refractivity contribution in [2.24, 2.45) is 5.92 Å². The zero-order valence-electron chi connectivity index (χ0n) is 18.2. The third kappa shape index (κ3) is 4.12. The van der Waals surface area contributed by atoms with Gasteiger partial charge in [0.15, 0.2) is 0 Å². The van der Waals surface area contributed by atoms with Gasteiger partial charge in [-0.3, -0.25) is 9.69 Å². The summed E-state index contributed by atoms with van der Waals surface area (Å²) in [7, 11) is 1.84. The standard InChI is InChI=1S/C26H32N2O3/c1-3-13-28-14-12-26(20-10-7-11-22(29)15-20)17-21(16-24(30)23(26)18-28)27(2)25(31)19-8-5-4-6-9-19/h3-11,15,21,23-24,29-30H,1,12-14,16-18H2,2H3/t21-,23?,24?,26?/m1/s1. The van der Waals surface area contributed by atoms with Gasteiger partial charge < -0.3 is 15.1 Å². The fraction of sp³-hybridized carbons (Fsp3) is 0.423. The van der Waals surface area contributed by atoms with Crippen molar-refractivity contribution in [1.29, 1.82) is 0 Å². The highest BCUT2D eigenvalue weighted by Crippen LogP contribution is 2.50. The number of phenols is 1. The first-order chi connectivity index (χ1) is 14.9. The van der Waals surface area contributed by atoms with E-state index in [9.17, 15) is 15.0 Å². The maximum absolute atomic E-state index is 13.1. The number of rotatable bonds is 5. The molecule has 4 atom stereocenters. The number of carbonyl (C=O) groups is 1. The summed E-state index contributed by atoms with van der Waals surface area (Å²) in [5, 5.41) is 21.5. The lowest BCUT2D eigenvalue weighted by molar-refractivity contribution is -0.0591. The number of aromatic hydroxyl groups is 1. The van der Waals surface area contributed by atoms with Gasteiger partial charge in [-0.25, -0.2) is 0 Å². The average molecular weight is 421 g/mol. The van der Waals surface area contributed by atoms with Gasteiger partial charge in [0.1, 0.15) is 5.75 Å². The van der Waals surface area contributed by atoms with Crippen molar-refractivity contribution in [2.75, 3.05) is 26.7 Å². The Morgan fingerprint density at radius 2 is 2.03 bits per heavy atom. The SMILES string of the molecule is C=CCN1CCC2(c3cccc(O)c3)C[C@H](N(C)C(=O)c3ccccc3)CC(O)C2C1. The Hall–Kier alpha value is -2.63. The van der Waals surface area contributed by atoms with Crippen LogP contribution in [0.1, 0.15) is 35.2 Å². The number of fused-ring (bicyclic) bond motifs is 1. The molecule has 0 radical (unpaired) electrons. The lowest BCUT2D eigenvalue weighted by Crippen LogP contribution is -2.61. The second-order valence-corrected chi connectivity index (χ2v) is 9.05. The van der Waals surface area contributed by atoms with E-state index in [-0.39, 0.29) is 29.0 Å². The predicted molar refractivity (Wildman–Crippen MR) is 122 cm³/mol. The van der Waals surface area contributed by atoms with Gasteiger partial charge in [0.05, 0.1) is 6.10 Å². The number of aliphatic hydroxyl groups excluding tert-OH is 1. The largest absolute Gasteiger partial charge is 0.508 e. The number of carbonyl (C=O) groups excluding carboxylic acids is 1. The van der Waals surface area contributed by atoms with Crippen LogP contribution in [0, 0.1) is 5.92 Å². The Morgan fingerprint density at radius 1 is 1.26 bits per heavy atom. The highest BCUT2D eigenvalue weighted by molar-refractivity contribution is 5.94. The molecular weight excluding hydrogens is 388 g/mol. The Kier molecular flexibility index (Phi) is 6.17. The molecule has 1 saturated carbocycles. The molecule has 0 bridgehead atoms. The van der Waals surface area contributed by atoms with Crippen LogP contribution < -0.4 is 0 Å². The molecule has 2 aromatic rings. The third-order valence-electron chi connectivity index (χ3n) is 7.31. The average Bonchev–Trinajstić information content (AvgIpc) is 2.79. The fourth-order valence-electron chi connectivity index (χ4n) is 5.66. The summed E-state index contributed by atoms with van der Waals surface area (Å²) < 4.78 is 0. The van der Waals surface area contributed by atoms with Gasteiger partial charge in [0.2, 0.25) is 0 Å². The molecule has 3 unspecified atom stereocenters. The Balaban J connectivity index is 1.67. The Labute approximate surface area is 184 Å². The molecule has 1 aliphatic carbocycles. The van der Waals surface area contributed by atoms with Crippen molar-refractivity contribution in [3.05, 3.63) is 78.4 Å². The lowest BCUT2D eigenvalue weighted by atomic mass is 9.56. The summed E-state index contributed by atoms with van der Waals surface area (Å²) >= 11 is 0. The molecule has 2 N–H and O–H groups in total. The number of hydrogen-bond donors (Lipinski definition) is 2. The first kappa shape index (κ1) is 21.6. The van der Waals surface area contributed by atoms with Gasteiger partial charge in [-0.1, -0.05) is 36.4 Å². The van der Waals surface area contributed by atoms with E-state index in [1.54, 1.807) is 11.0 Å². The van der Waals surface area contributed by atoms with E-state index in [4.69, 9.17) is 0 Å². The number of amides is 1. The molecule has 2 aromatic carbocycles. The molecule has 164 valence electrons. The number of nitrogens with zero attached hydrogens (tertiary/aromatic N) is 2. The molecule has 2 fully saturated rings. The second kappa shape index (κ2) is 8.85. The minimum Gasteiger partial charge on any atom is -0.508 e. The van der Waals surface area contributed by atoms with Crippen molar-refractivity contribution < 1.29 is 15.0 Å². The zero-order chi connectivity index (χ0) is 22.0. The van der Waals surface area contributed by atoms with Crippen molar-refractivity contribution >= 4 is 5.91 Å². The molecule has 1 heterocycles. The number of piperidine rings is 1. The smallest absolute Gasteiger partial charge is 0.253 e. The van der Waals surface area contributed by atoms with Gasteiger partial charge in [-0.05, 0) is 55.6 Å². The topological polar surface area (TPSA) is 64.0 Å². The van der Waals surface area contributed by atoms with E-state index >= 15 is 0 Å². The van der Waals surface area contributed by atoms with E-state index in [2.05, 4.69) is 17.5 Å². The Morgan fingerprint density at radius 3 is 2.74 bits per heavy atom. The summed E-state index contributed by atoms with van der Waals surface area (Å²) in [6.45, 7) is 6.35. The van der Waals surface area contributed by atoms with E-state index in [0.717, 1.165) is 38.0 Å². The van der Waals surface area contributed by atoms with Crippen molar-refractivity contribution in [2.45, 2.75) is 36.8 Å². The predicted octanol–water partition coefficient (Wildman–Crippen LogP) is 3.43. The van der Waals surface area contributed by atoms with Crippen LogP contribution in [0.25, 0.3) is 0 Å². The van der Waals surface area contributed by atoms with E-state index in [1.807, 2.05) is 55.6 Å². The normalized spacial score (nSPS) is 28.5. The van der Waals surface area contributed by atoms with Gasteiger partial charge in [0, 0.05) is 43.1 Å². The lowest BCUT2D eigenvalue weighted by Gasteiger charge is -2.56. The molecule has 31 heavy (non-hydrogen) atoms. The summed E-state index contributed by atoms with van der Waals surface area (Å²) in [6, 6.07) is 16.7. The zero-order valence-corrected chi connectivity index (χ0v) is 18.2. The molecule has 1 amide bonds. The van der Waals surface area contributed by atoms with Gasteiger partial charge >= 0.3 is 0 Å². The van der Waals surface area contributed by atoms with Crippen LogP contribution in [0.15, 0.2) is 67.3 Å². The van der Waals surface area contributed by atoms with Crippen molar-refractivity contribution in [1.82, 2.24) is 9.80 Å². The third-order valence-corrected chi connectivity index (χ3v) is 7.31. The summed E-state index contributed by atoms with van der Waals surface area (Å²) in [4.78, 5) is 17.3. The quantitative estimate of drug-likeness (QED) is 0.728. The van der Waals surface area contributed by atoms with Crippen molar-refractivity contribution in [3.8, 4) is 5.75 Å². The first-order valence-electron chi connectivity index (χ1n) is 11.1. The number of likely N-dealkylation sites (tertiary alicyclic amines) is 1. The van der Waals surface area contributed by atoms with E-state index < -0.39 is 6.10 Å². The van der Waals surface area contributed by atoms with Crippen LogP contribution in [0.2, 0.25) is 0 Å². The van der Waals surface area contributed by atoms with Crippen LogP contribution in [-0.2, 0) is 5.41 Å². The molecule has 0 aromatic heterocycles. The molecule has 1 aliphatic heterocycles. The first-order valence-corrected chi connectivity index (χ1v) is 11.1. The van der Waals surface area contributed by atoms with Crippen LogP contribution in [0.3, 0.4) is 0 Å². The second-order valence-electron chi connectivity index (χ2n) is 9.05. The summed E-state index contributed by atoms with van der Waals surface area (Å²) in [5.41, 5.74) is 1.43.